The number of hydrogen-bond acceptors (Lipinski definition) is 3. The molecule has 0 heterocycles. The molecule has 2 N–H and O–H groups in total. The van der Waals surface area contributed by atoms with Gasteiger partial charge in [0.1, 0.15) is 11.6 Å². The van der Waals surface area contributed by atoms with Crippen molar-refractivity contribution in [3.8, 4) is 0 Å². The van der Waals surface area contributed by atoms with Crippen LogP contribution < -0.4 is 10.3 Å². The summed E-state index contributed by atoms with van der Waals surface area (Å²) in [5, 5.41) is 0. The molecule has 0 aliphatic carbocycles. The maximum Gasteiger partial charge on any atom is 0.419 e. The number of amides is 1. The molecule has 0 aromatic heterocycles. The Bertz CT molecular complexity index is 896. The number of rotatable bonds is 4. The molecular weight excluding hydrogens is 371 g/mol. The number of hydrogen-bond donors (Lipinski definition) is 2. The van der Waals surface area contributed by atoms with Crippen LogP contribution in [0.4, 0.5) is 22.0 Å². The van der Waals surface area contributed by atoms with Gasteiger partial charge < -0.3 is 0 Å². The standard InChI is InChI=1S/C14H9F5N2O3S/c15-9-3-1-8(2-4-9)13(22)20-21-25(23,24)10-5-6-12(16)11(7-10)14(17,18)19/h1-7,21H,(H,20,22). The summed E-state index contributed by atoms with van der Waals surface area (Å²) in [5.41, 5.74) is -0.106. The molecule has 2 rings (SSSR count). The molecule has 11 heteroatoms. The summed E-state index contributed by atoms with van der Waals surface area (Å²) in [6.07, 6.45) is -5.09. The van der Waals surface area contributed by atoms with Crippen LogP contribution in [0.2, 0.25) is 0 Å². The van der Waals surface area contributed by atoms with Crippen molar-refractivity contribution in [2.24, 2.45) is 0 Å². The third-order valence-electron chi connectivity index (χ3n) is 2.96. The van der Waals surface area contributed by atoms with Gasteiger partial charge >= 0.3 is 6.18 Å². The highest BCUT2D eigenvalue weighted by Crippen LogP contribution is 2.32. The van der Waals surface area contributed by atoms with Crippen LogP contribution in [0.25, 0.3) is 0 Å². The summed E-state index contributed by atoms with van der Waals surface area (Å²) < 4.78 is 87.7. The van der Waals surface area contributed by atoms with Crippen LogP contribution in [-0.2, 0) is 16.2 Å². The van der Waals surface area contributed by atoms with E-state index in [4.69, 9.17) is 0 Å². The monoisotopic (exact) mass is 380 g/mol. The van der Waals surface area contributed by atoms with Crippen LogP contribution in [-0.4, -0.2) is 14.3 Å². The summed E-state index contributed by atoms with van der Waals surface area (Å²) in [7, 11) is -4.59. The second-order valence-electron chi connectivity index (χ2n) is 4.71. The van der Waals surface area contributed by atoms with Crippen LogP contribution >= 0.6 is 0 Å². The maximum absolute atomic E-state index is 13.2. The number of nitrogens with one attached hydrogen (secondary N) is 2. The zero-order valence-corrected chi connectivity index (χ0v) is 12.9. The summed E-state index contributed by atoms with van der Waals surface area (Å²) >= 11 is 0. The number of hydrazine groups is 1. The topological polar surface area (TPSA) is 75.3 Å². The Morgan fingerprint density at radius 3 is 2.12 bits per heavy atom. The van der Waals surface area contributed by atoms with E-state index in [1.165, 1.54) is 0 Å². The highest BCUT2D eigenvalue weighted by atomic mass is 32.2. The predicted molar refractivity (Wildman–Crippen MR) is 75.6 cm³/mol. The lowest BCUT2D eigenvalue weighted by Crippen LogP contribution is -2.41. The van der Waals surface area contributed by atoms with E-state index in [2.05, 4.69) is 0 Å². The van der Waals surface area contributed by atoms with Gasteiger partial charge in [0.15, 0.2) is 0 Å². The molecule has 25 heavy (non-hydrogen) atoms. The first-order chi connectivity index (χ1) is 11.5. The molecule has 0 fully saturated rings. The smallest absolute Gasteiger partial charge is 0.273 e. The first-order valence-corrected chi connectivity index (χ1v) is 7.93. The van der Waals surface area contributed by atoms with Crippen LogP contribution in [0.1, 0.15) is 15.9 Å². The minimum atomic E-state index is -5.09. The molecule has 5 nitrogen and oxygen atoms in total. The third-order valence-corrected chi connectivity index (χ3v) is 4.20. The van der Waals surface area contributed by atoms with Gasteiger partial charge in [-0.3, -0.25) is 10.2 Å². The van der Waals surface area contributed by atoms with Crippen molar-refractivity contribution in [3.63, 3.8) is 0 Å². The van der Waals surface area contributed by atoms with E-state index in [-0.39, 0.29) is 11.6 Å². The Hall–Kier alpha value is -2.53. The molecule has 0 atom stereocenters. The minimum absolute atomic E-state index is 0.0980. The van der Waals surface area contributed by atoms with Crippen LogP contribution in [0, 0.1) is 11.6 Å². The van der Waals surface area contributed by atoms with Gasteiger partial charge in [0, 0.05) is 5.56 Å². The molecule has 0 aliphatic rings. The lowest BCUT2D eigenvalue weighted by molar-refractivity contribution is -0.140. The lowest BCUT2D eigenvalue weighted by Gasteiger charge is -2.12. The van der Waals surface area contributed by atoms with Crippen molar-refractivity contribution >= 4 is 15.9 Å². The van der Waals surface area contributed by atoms with E-state index >= 15 is 0 Å². The molecule has 134 valence electrons. The van der Waals surface area contributed by atoms with Gasteiger partial charge in [0.25, 0.3) is 15.9 Å². The number of sulfonamides is 1. The first kappa shape index (κ1) is 18.8. The Labute approximate surface area is 138 Å². The van der Waals surface area contributed by atoms with Gasteiger partial charge in [0.2, 0.25) is 0 Å². The Balaban J connectivity index is 2.19. The predicted octanol–water partition coefficient (Wildman–Crippen LogP) is 2.61. The summed E-state index contributed by atoms with van der Waals surface area (Å²) in [5.74, 6) is -3.23. The van der Waals surface area contributed by atoms with Crippen LogP contribution in [0.3, 0.4) is 0 Å². The second kappa shape index (κ2) is 6.76. The molecule has 1 amide bonds. The van der Waals surface area contributed by atoms with E-state index in [1.54, 1.807) is 10.3 Å². The van der Waals surface area contributed by atoms with E-state index < -0.39 is 44.2 Å². The zero-order valence-electron chi connectivity index (χ0n) is 12.1. The molecule has 0 saturated carbocycles. The fraction of sp³-hybridized carbons (Fsp3) is 0.0714. The van der Waals surface area contributed by atoms with Crippen molar-refractivity contribution in [2.75, 3.05) is 0 Å². The van der Waals surface area contributed by atoms with Gasteiger partial charge in [0.05, 0.1) is 10.5 Å². The van der Waals surface area contributed by atoms with Gasteiger partial charge in [-0.15, -0.1) is 4.83 Å². The normalized spacial score (nSPS) is 12.0. The summed E-state index contributed by atoms with van der Waals surface area (Å²) in [6, 6.07) is 5.10. The van der Waals surface area contributed by atoms with Crippen LogP contribution in [0.15, 0.2) is 47.4 Å². The van der Waals surface area contributed by atoms with Crippen LogP contribution in [0.5, 0.6) is 0 Å². The van der Waals surface area contributed by atoms with Gasteiger partial charge in [-0.25, -0.2) is 17.2 Å². The SMILES string of the molecule is O=C(NNS(=O)(=O)c1ccc(F)c(C(F)(F)F)c1)c1ccc(F)cc1. The Morgan fingerprint density at radius 1 is 0.960 bits per heavy atom. The van der Waals surface area contributed by atoms with Gasteiger partial charge in [-0.2, -0.15) is 13.2 Å². The van der Waals surface area contributed by atoms with E-state index in [9.17, 15) is 35.2 Å². The first-order valence-electron chi connectivity index (χ1n) is 6.45. The van der Waals surface area contributed by atoms with Crippen molar-refractivity contribution in [3.05, 3.63) is 65.2 Å². The van der Waals surface area contributed by atoms with E-state index in [0.29, 0.717) is 12.1 Å². The molecule has 0 aliphatic heterocycles. The van der Waals surface area contributed by atoms with Crippen molar-refractivity contribution in [1.82, 2.24) is 10.3 Å². The number of carbonyl (C=O) groups excluding carboxylic acids is 1. The number of benzene rings is 2. The zero-order chi connectivity index (χ0) is 18.8. The molecule has 0 bridgehead atoms. The Kier molecular flexibility index (Phi) is 5.09. The van der Waals surface area contributed by atoms with Crippen molar-refractivity contribution in [2.45, 2.75) is 11.1 Å². The second-order valence-corrected chi connectivity index (χ2v) is 6.39. The fourth-order valence-electron chi connectivity index (χ4n) is 1.73. The Morgan fingerprint density at radius 2 is 1.56 bits per heavy atom. The molecule has 0 saturated heterocycles. The highest BCUT2D eigenvalue weighted by molar-refractivity contribution is 7.89. The maximum atomic E-state index is 13.2. The average molecular weight is 380 g/mol. The quantitative estimate of drug-likeness (QED) is 0.633. The lowest BCUT2D eigenvalue weighted by atomic mass is 10.2. The molecule has 2 aromatic carbocycles. The van der Waals surface area contributed by atoms with Gasteiger partial charge in [-0.1, -0.05) is 0 Å². The molecule has 0 unspecified atom stereocenters. The fourth-order valence-corrected chi connectivity index (χ4v) is 2.60. The summed E-state index contributed by atoms with van der Waals surface area (Å²) in [4.78, 5) is 12.4. The molecule has 0 spiro atoms. The molecule has 2 aromatic rings. The molecular formula is C14H9F5N2O3S. The van der Waals surface area contributed by atoms with Gasteiger partial charge in [-0.05, 0) is 42.5 Å². The number of halogens is 5. The summed E-state index contributed by atoms with van der Waals surface area (Å²) in [6.45, 7) is 0. The average Bonchev–Trinajstić information content (AvgIpc) is 2.52. The van der Waals surface area contributed by atoms with E-state index in [0.717, 1.165) is 24.3 Å². The van der Waals surface area contributed by atoms with Crippen molar-refractivity contribution < 1.29 is 35.2 Å². The highest BCUT2D eigenvalue weighted by Gasteiger charge is 2.35. The number of alkyl halides is 3. The van der Waals surface area contributed by atoms with Crippen molar-refractivity contribution in [1.29, 1.82) is 0 Å². The largest absolute Gasteiger partial charge is 0.419 e. The minimum Gasteiger partial charge on any atom is -0.273 e. The molecule has 0 radical (unpaired) electrons. The van der Waals surface area contributed by atoms with E-state index in [1.807, 2.05) is 0 Å². The number of carbonyl (C=O) groups is 1. The third kappa shape index (κ3) is 4.51.